The third-order valence-corrected chi connectivity index (χ3v) is 9.36. The highest BCUT2D eigenvalue weighted by atomic mass is 31.2. The molecule has 270 valence electrons. The van der Waals surface area contributed by atoms with Crippen LogP contribution in [0.25, 0.3) is 0 Å². The van der Waals surface area contributed by atoms with E-state index in [-0.39, 0.29) is 18.2 Å². The second-order valence-electron chi connectivity index (χ2n) is 12.0. The third-order valence-electron chi connectivity index (χ3n) is 9.36. The van der Waals surface area contributed by atoms with Crippen LogP contribution < -0.4 is 9.47 Å². The fourth-order valence-corrected chi connectivity index (χ4v) is 7.41. The maximum absolute atomic E-state index is 12.3. The molecule has 2 bridgehead atoms. The van der Waals surface area contributed by atoms with Gasteiger partial charge in [0.15, 0.2) is 11.5 Å². The molecule has 16 heteroatoms. The van der Waals surface area contributed by atoms with Crippen molar-refractivity contribution in [3.05, 3.63) is 23.3 Å². The Bertz CT molecular complexity index is 1150. The van der Waals surface area contributed by atoms with Gasteiger partial charge in [-0.3, -0.25) is 0 Å². The number of nitrogens with zero attached hydrogens (tertiary/aromatic N) is 1. The van der Waals surface area contributed by atoms with Crippen LogP contribution in [0.3, 0.4) is 0 Å². The summed E-state index contributed by atoms with van der Waals surface area (Å²) in [6, 6.07) is 4.23. The molecule has 1 aromatic rings. The molecule has 2 aliphatic heterocycles. The first kappa shape index (κ1) is 38.4. The molecular formula is C31H52NO14P. The lowest BCUT2D eigenvalue weighted by atomic mass is 9.48. The van der Waals surface area contributed by atoms with Crippen molar-refractivity contribution in [1.82, 2.24) is 4.90 Å². The number of methoxy groups -OCH3 is 2. The largest absolute Gasteiger partial charge is 0.493 e. The number of piperidine rings is 1. The van der Waals surface area contributed by atoms with Crippen molar-refractivity contribution in [2.45, 2.75) is 54.9 Å². The van der Waals surface area contributed by atoms with Crippen molar-refractivity contribution in [2.75, 3.05) is 107 Å². The number of rotatable bonds is 20. The van der Waals surface area contributed by atoms with Crippen LogP contribution in [0.5, 0.6) is 11.5 Å². The molecule has 4 aliphatic rings. The summed E-state index contributed by atoms with van der Waals surface area (Å²) < 4.78 is 60.2. The Morgan fingerprint density at radius 2 is 1.38 bits per heavy atom. The molecule has 5 atom stereocenters. The highest BCUT2D eigenvalue weighted by Gasteiger charge is 2.72. The highest BCUT2D eigenvalue weighted by molar-refractivity contribution is 7.45. The number of hydrogen-bond acceptors (Lipinski definition) is 12. The summed E-state index contributed by atoms with van der Waals surface area (Å²) in [4.78, 5) is 23.9. The van der Waals surface area contributed by atoms with E-state index in [0.29, 0.717) is 85.7 Å². The minimum atomic E-state index is -4.64. The molecule has 15 nitrogen and oxygen atoms in total. The van der Waals surface area contributed by atoms with E-state index in [2.05, 4.69) is 18.0 Å². The molecule has 1 spiro atoms. The Kier molecular flexibility index (Phi) is 14.7. The number of phosphoric acid groups is 1. The Balaban J connectivity index is 0.000000930. The Labute approximate surface area is 276 Å². The van der Waals surface area contributed by atoms with Gasteiger partial charge in [0.1, 0.15) is 6.10 Å². The zero-order chi connectivity index (χ0) is 33.9. The molecule has 0 radical (unpaired) electrons. The fourth-order valence-electron chi connectivity index (χ4n) is 7.41. The second-order valence-corrected chi connectivity index (χ2v) is 13.1. The lowest BCUT2D eigenvalue weighted by molar-refractivity contribution is -0.213. The summed E-state index contributed by atoms with van der Waals surface area (Å²) >= 11 is 0. The Morgan fingerprint density at radius 1 is 0.851 bits per heavy atom. The monoisotopic (exact) mass is 693 g/mol. The van der Waals surface area contributed by atoms with Gasteiger partial charge in [0.2, 0.25) is 0 Å². The van der Waals surface area contributed by atoms with E-state index in [1.165, 1.54) is 5.56 Å². The van der Waals surface area contributed by atoms with Crippen molar-refractivity contribution >= 4 is 7.82 Å². The molecule has 0 unspecified atom stereocenters. The maximum Gasteiger partial charge on any atom is 0.466 e. The van der Waals surface area contributed by atoms with Gasteiger partial charge in [-0.15, -0.1) is 0 Å². The van der Waals surface area contributed by atoms with Crippen LogP contribution in [0.1, 0.15) is 30.4 Å². The first-order chi connectivity index (χ1) is 22.6. The number of hydrogen-bond donors (Lipinski definition) is 4. The zero-order valence-electron chi connectivity index (χ0n) is 27.7. The third kappa shape index (κ3) is 9.43. The van der Waals surface area contributed by atoms with E-state index >= 15 is 0 Å². The zero-order valence-corrected chi connectivity index (χ0v) is 28.6. The normalized spacial score (nSPS) is 27.5. The van der Waals surface area contributed by atoms with Crippen molar-refractivity contribution in [1.29, 1.82) is 0 Å². The van der Waals surface area contributed by atoms with E-state index in [1.807, 2.05) is 6.07 Å². The summed E-state index contributed by atoms with van der Waals surface area (Å²) in [5.74, 6) is 1.53. The van der Waals surface area contributed by atoms with E-state index in [1.54, 1.807) is 14.2 Å². The highest BCUT2D eigenvalue weighted by Crippen LogP contribution is 2.65. The van der Waals surface area contributed by atoms with Crippen LogP contribution in [0.15, 0.2) is 12.1 Å². The van der Waals surface area contributed by atoms with Crippen molar-refractivity contribution in [2.24, 2.45) is 0 Å². The number of likely N-dealkylation sites (N-methyl/N-ethyl adjacent to an activating group) is 1. The second kappa shape index (κ2) is 18.0. The molecule has 1 aromatic carbocycles. The smallest absolute Gasteiger partial charge is 0.466 e. The van der Waals surface area contributed by atoms with Gasteiger partial charge in [-0.25, -0.2) is 4.57 Å². The van der Waals surface area contributed by atoms with Crippen LogP contribution in [0, 0.1) is 0 Å². The van der Waals surface area contributed by atoms with Crippen molar-refractivity contribution in [3.8, 4) is 11.5 Å². The van der Waals surface area contributed by atoms with E-state index < -0.39 is 18.8 Å². The van der Waals surface area contributed by atoms with Gasteiger partial charge in [-0.2, -0.15) is 0 Å². The molecule has 0 amide bonds. The van der Waals surface area contributed by atoms with E-state index in [9.17, 15) is 5.11 Å². The summed E-state index contributed by atoms with van der Waals surface area (Å²) in [5, 5.41) is 12.3. The van der Waals surface area contributed by atoms with Crippen LogP contribution in [-0.4, -0.2) is 156 Å². The quantitative estimate of drug-likeness (QED) is 0.110. The van der Waals surface area contributed by atoms with Crippen molar-refractivity contribution in [3.63, 3.8) is 0 Å². The predicted octanol–water partition coefficient (Wildman–Crippen LogP) is 0.665. The molecule has 5 rings (SSSR count). The summed E-state index contributed by atoms with van der Waals surface area (Å²) in [6.07, 6.45) is 2.72. The summed E-state index contributed by atoms with van der Waals surface area (Å²) in [6.45, 7) is 7.19. The van der Waals surface area contributed by atoms with E-state index in [4.69, 9.17) is 61.9 Å². The number of benzene rings is 1. The lowest BCUT2D eigenvalue weighted by Crippen LogP contribution is -2.76. The van der Waals surface area contributed by atoms with Gasteiger partial charge < -0.3 is 67.3 Å². The van der Waals surface area contributed by atoms with E-state index in [0.717, 1.165) is 42.9 Å². The minimum Gasteiger partial charge on any atom is -0.493 e. The molecule has 2 aliphatic carbocycles. The van der Waals surface area contributed by atoms with Crippen LogP contribution in [0.2, 0.25) is 0 Å². The summed E-state index contributed by atoms with van der Waals surface area (Å²) in [7, 11) is 0.819. The molecular weight excluding hydrogens is 641 g/mol. The molecule has 2 heterocycles. The standard InChI is InChI=1S/C31H49NO10.H3O4P/c1-32-9-8-30-27-23-4-5-24(35-3)28(27)42-29(30)25(6-7-31(30,33)26(32)22-23)41-21-20-40-19-18-39-17-16-38-15-14-37-13-12-36-11-10-34-2;1-5(2,3)4/h4-5,25-26,29,33H,6-22H2,1-3H3;(H3,1,2,3,4)/t25-,26+,29-,30-,31+;/m0./s1. The SMILES string of the molecule is COCCOCCOCCOCCOCCOCCO[C@H]1CC[C@@]2(O)[C@H]3Cc4ccc(OC)c5c4[C@@]2(CCN3C)[C@H]1O5.O=P(O)(O)O. The molecule has 47 heavy (non-hydrogen) atoms. The average Bonchev–Trinajstić information content (AvgIpc) is 3.38. The van der Waals surface area contributed by atoms with Gasteiger partial charge in [0.25, 0.3) is 0 Å². The van der Waals surface area contributed by atoms with Gasteiger partial charge >= 0.3 is 7.82 Å². The fraction of sp³-hybridized carbons (Fsp3) is 0.806. The molecule has 1 saturated heterocycles. The summed E-state index contributed by atoms with van der Waals surface area (Å²) in [5.41, 5.74) is 1.09. The maximum atomic E-state index is 12.3. The van der Waals surface area contributed by atoms with Crippen LogP contribution in [0.4, 0.5) is 0 Å². The average molecular weight is 694 g/mol. The minimum absolute atomic E-state index is 0.0728. The van der Waals surface area contributed by atoms with Crippen LogP contribution >= 0.6 is 7.82 Å². The lowest BCUT2D eigenvalue weighted by Gasteiger charge is -2.63. The van der Waals surface area contributed by atoms with Gasteiger partial charge in [0.05, 0.1) is 104 Å². The van der Waals surface area contributed by atoms with Crippen LogP contribution in [-0.2, 0) is 49.6 Å². The molecule has 1 saturated carbocycles. The number of likely N-dealkylation sites (tertiary alicyclic amines) is 1. The van der Waals surface area contributed by atoms with Gasteiger partial charge in [-0.05, 0) is 50.9 Å². The Hall–Kier alpha value is -1.43. The topological polar surface area (TPSA) is 184 Å². The number of aliphatic hydroxyl groups is 1. The first-order valence-corrected chi connectivity index (χ1v) is 17.7. The number of ether oxygens (including phenoxy) is 9. The first-order valence-electron chi connectivity index (χ1n) is 16.1. The molecule has 2 fully saturated rings. The molecule has 4 N–H and O–H groups in total. The van der Waals surface area contributed by atoms with Gasteiger partial charge in [0, 0.05) is 18.7 Å². The van der Waals surface area contributed by atoms with Crippen molar-refractivity contribution < 1.29 is 67.0 Å². The molecule has 0 aromatic heterocycles. The Morgan fingerprint density at radius 3 is 1.91 bits per heavy atom. The predicted molar refractivity (Wildman–Crippen MR) is 168 cm³/mol. The van der Waals surface area contributed by atoms with Gasteiger partial charge in [-0.1, -0.05) is 6.07 Å².